The molecule has 0 aliphatic heterocycles. The molecular formula is C21H20AsClO. The minimum absolute atomic E-state index is 0. The summed E-state index contributed by atoms with van der Waals surface area (Å²) in [4.78, 5) is 12.2. The minimum atomic E-state index is -2.78. The van der Waals surface area contributed by atoms with Gasteiger partial charge in [-0.2, -0.15) is 0 Å². The maximum atomic E-state index is 12.2. The normalized spacial score (nSPS) is 10.7. The van der Waals surface area contributed by atoms with Crippen molar-refractivity contribution in [2.45, 2.75) is 12.1 Å². The second kappa shape index (κ2) is 8.33. The molecule has 0 bridgehead atoms. The van der Waals surface area contributed by atoms with Crippen LogP contribution in [0.2, 0.25) is 5.21 Å². The Morgan fingerprint density at radius 2 is 0.958 bits per heavy atom. The summed E-state index contributed by atoms with van der Waals surface area (Å²) >= 11 is -2.78. The summed E-state index contributed by atoms with van der Waals surface area (Å²) in [6, 6.07) is 31.7. The Morgan fingerprint density at radius 3 is 1.21 bits per heavy atom. The van der Waals surface area contributed by atoms with E-state index < -0.39 is 13.6 Å². The molecule has 0 heterocycles. The van der Waals surface area contributed by atoms with Crippen LogP contribution in [-0.2, 0) is 4.79 Å². The second-order valence-electron chi connectivity index (χ2n) is 5.68. The van der Waals surface area contributed by atoms with Crippen LogP contribution in [0.5, 0.6) is 0 Å². The molecule has 24 heavy (non-hydrogen) atoms. The van der Waals surface area contributed by atoms with Crippen LogP contribution in [0.4, 0.5) is 0 Å². The standard InChI is InChI=1S/C21H20AsO.ClH/c1-18(23)17-22(19-11-5-2-6-12-19,20-13-7-3-8-14-20)21-15-9-4-10-16-21;/h2-16H,17H2,1H3;1H/q+1;/p-1. The first kappa shape index (κ1) is 18.5. The van der Waals surface area contributed by atoms with Gasteiger partial charge in [0.1, 0.15) is 0 Å². The average molecular weight is 399 g/mol. The molecule has 3 heteroatoms. The number of hydrogen-bond acceptors (Lipinski definition) is 1. The van der Waals surface area contributed by atoms with Gasteiger partial charge >= 0.3 is 140 Å². The van der Waals surface area contributed by atoms with Crippen molar-refractivity contribution in [1.29, 1.82) is 0 Å². The zero-order valence-electron chi connectivity index (χ0n) is 13.6. The van der Waals surface area contributed by atoms with Crippen LogP contribution in [0.25, 0.3) is 0 Å². The molecule has 0 saturated carbocycles. The van der Waals surface area contributed by atoms with Crippen LogP contribution < -0.4 is 25.5 Å². The number of carbonyl (C=O) groups excluding carboxylic acids is 1. The molecule has 3 rings (SSSR count). The van der Waals surface area contributed by atoms with Crippen LogP contribution in [0.15, 0.2) is 91.0 Å². The fraction of sp³-hybridized carbons (Fsp3) is 0.0952. The average Bonchev–Trinajstić information content (AvgIpc) is 2.62. The number of carbonyl (C=O) groups is 1. The maximum Gasteiger partial charge on any atom is -1.00 e. The van der Waals surface area contributed by atoms with Crippen molar-refractivity contribution in [1.82, 2.24) is 0 Å². The first-order valence-corrected chi connectivity index (χ1v) is 11.9. The van der Waals surface area contributed by atoms with Crippen LogP contribution >= 0.6 is 0 Å². The Labute approximate surface area is 152 Å². The van der Waals surface area contributed by atoms with Crippen molar-refractivity contribution in [2.24, 2.45) is 0 Å². The van der Waals surface area contributed by atoms with Crippen molar-refractivity contribution in [3.05, 3.63) is 91.0 Å². The van der Waals surface area contributed by atoms with Gasteiger partial charge in [-0.3, -0.25) is 0 Å². The van der Waals surface area contributed by atoms with E-state index in [0.717, 1.165) is 0 Å². The number of ketones is 1. The molecule has 3 aromatic carbocycles. The Morgan fingerprint density at radius 1 is 0.667 bits per heavy atom. The molecule has 0 aliphatic rings. The zero-order valence-corrected chi connectivity index (χ0v) is 16.2. The van der Waals surface area contributed by atoms with E-state index in [-0.39, 0.29) is 18.2 Å². The topological polar surface area (TPSA) is 17.1 Å². The predicted molar refractivity (Wildman–Crippen MR) is 99.5 cm³/mol. The molecule has 0 aromatic heterocycles. The van der Waals surface area contributed by atoms with Gasteiger partial charge in [-0.25, -0.2) is 0 Å². The molecule has 0 N–H and O–H groups in total. The summed E-state index contributed by atoms with van der Waals surface area (Å²) in [7, 11) is 0. The van der Waals surface area contributed by atoms with Crippen LogP contribution in [0, 0.1) is 0 Å². The van der Waals surface area contributed by atoms with E-state index in [1.165, 1.54) is 13.1 Å². The van der Waals surface area contributed by atoms with E-state index in [1.54, 1.807) is 6.92 Å². The monoisotopic (exact) mass is 398 g/mol. The van der Waals surface area contributed by atoms with Crippen LogP contribution in [-0.4, -0.2) is 19.3 Å². The molecule has 0 atom stereocenters. The first-order chi connectivity index (χ1) is 11.2. The largest absolute Gasteiger partial charge is 1.00 e. The quantitative estimate of drug-likeness (QED) is 0.542. The summed E-state index contributed by atoms with van der Waals surface area (Å²) in [5.41, 5.74) is 0. The summed E-state index contributed by atoms with van der Waals surface area (Å²) in [6.45, 7) is 1.71. The first-order valence-electron chi connectivity index (χ1n) is 7.78. The molecule has 122 valence electrons. The Hall–Kier alpha value is -1.82. The van der Waals surface area contributed by atoms with E-state index >= 15 is 0 Å². The molecule has 0 unspecified atom stereocenters. The third kappa shape index (κ3) is 3.64. The smallest absolute Gasteiger partial charge is 1.00 e. The number of rotatable bonds is 5. The molecule has 0 spiro atoms. The van der Waals surface area contributed by atoms with E-state index in [1.807, 2.05) is 18.2 Å². The van der Waals surface area contributed by atoms with Gasteiger partial charge in [0.2, 0.25) is 0 Å². The molecule has 3 aromatic rings. The minimum Gasteiger partial charge on any atom is -1.00 e. The molecule has 0 amide bonds. The fourth-order valence-electron chi connectivity index (χ4n) is 3.10. The third-order valence-electron chi connectivity index (χ3n) is 4.05. The molecular weight excluding hydrogens is 379 g/mol. The molecule has 0 aliphatic carbocycles. The van der Waals surface area contributed by atoms with Gasteiger partial charge in [-0.15, -0.1) is 0 Å². The van der Waals surface area contributed by atoms with Crippen molar-refractivity contribution < 1.29 is 17.2 Å². The Kier molecular flexibility index (Phi) is 6.43. The van der Waals surface area contributed by atoms with E-state index in [0.29, 0.717) is 5.21 Å². The molecule has 0 saturated heterocycles. The van der Waals surface area contributed by atoms with Crippen molar-refractivity contribution in [3.63, 3.8) is 0 Å². The van der Waals surface area contributed by atoms with Gasteiger partial charge in [-0.1, -0.05) is 0 Å². The molecule has 0 fully saturated rings. The number of halogens is 1. The summed E-state index contributed by atoms with van der Waals surface area (Å²) < 4.78 is 3.95. The number of hydrogen-bond donors (Lipinski definition) is 0. The van der Waals surface area contributed by atoms with Gasteiger partial charge in [0.25, 0.3) is 0 Å². The van der Waals surface area contributed by atoms with Crippen LogP contribution in [0.3, 0.4) is 0 Å². The summed E-state index contributed by atoms with van der Waals surface area (Å²) in [5, 5.41) is 0.621. The fourth-order valence-corrected chi connectivity index (χ4v) is 11.8. The molecule has 0 radical (unpaired) electrons. The second-order valence-corrected chi connectivity index (χ2v) is 13.0. The van der Waals surface area contributed by atoms with Gasteiger partial charge in [0, 0.05) is 0 Å². The number of benzene rings is 3. The maximum absolute atomic E-state index is 12.2. The van der Waals surface area contributed by atoms with Gasteiger partial charge in [-0.05, 0) is 0 Å². The van der Waals surface area contributed by atoms with Gasteiger partial charge in [0.15, 0.2) is 0 Å². The Bertz CT molecular complexity index is 676. The summed E-state index contributed by atoms with van der Waals surface area (Å²) in [6.07, 6.45) is 0. The van der Waals surface area contributed by atoms with E-state index in [2.05, 4.69) is 72.8 Å². The van der Waals surface area contributed by atoms with E-state index in [4.69, 9.17) is 0 Å². The Balaban J connectivity index is 0.00000208. The van der Waals surface area contributed by atoms with Crippen LogP contribution in [0.1, 0.15) is 6.92 Å². The molecule has 1 nitrogen and oxygen atoms in total. The zero-order chi connectivity index (χ0) is 16.1. The van der Waals surface area contributed by atoms with Crippen molar-refractivity contribution >= 4 is 32.4 Å². The summed E-state index contributed by atoms with van der Waals surface area (Å²) in [5.74, 6) is 0.258. The van der Waals surface area contributed by atoms with Gasteiger partial charge in [0.05, 0.1) is 0 Å². The third-order valence-corrected chi connectivity index (χ3v) is 13.4. The van der Waals surface area contributed by atoms with E-state index in [9.17, 15) is 4.79 Å². The van der Waals surface area contributed by atoms with Gasteiger partial charge < -0.3 is 12.4 Å². The predicted octanol–water partition coefficient (Wildman–Crippen LogP) is -0.250. The SMILES string of the molecule is CC(=O)C[As+](c1ccccc1)(c1ccccc1)c1ccccc1.[Cl-]. The van der Waals surface area contributed by atoms with Crippen molar-refractivity contribution in [2.75, 3.05) is 0 Å². The van der Waals surface area contributed by atoms with Crippen molar-refractivity contribution in [3.8, 4) is 0 Å². The number of Topliss-reactive ketones (excluding diaryl/α,β-unsaturated/α-hetero) is 1.